The van der Waals surface area contributed by atoms with Gasteiger partial charge in [-0.2, -0.15) is 5.10 Å². The number of carbonyl (C=O) groups is 1. The second-order valence-corrected chi connectivity index (χ2v) is 4.77. The SMILES string of the molecule is Cc1n[nH]c(C)c1C(NC1CCCC1)C(=O)O. The van der Waals surface area contributed by atoms with Crippen LogP contribution in [-0.4, -0.2) is 27.3 Å². The lowest BCUT2D eigenvalue weighted by atomic mass is 10.0. The first-order valence-electron chi connectivity index (χ1n) is 6.10. The fourth-order valence-corrected chi connectivity index (χ4v) is 2.59. The average Bonchev–Trinajstić information content (AvgIpc) is 2.87. The highest BCUT2D eigenvalue weighted by Gasteiger charge is 2.28. The summed E-state index contributed by atoms with van der Waals surface area (Å²) in [5, 5.41) is 19.5. The lowest BCUT2D eigenvalue weighted by Crippen LogP contribution is -2.36. The first kappa shape index (κ1) is 12.1. The van der Waals surface area contributed by atoms with Crippen molar-refractivity contribution >= 4 is 5.97 Å². The number of aromatic amines is 1. The van der Waals surface area contributed by atoms with Crippen LogP contribution in [0.1, 0.15) is 48.7 Å². The Bertz CT molecular complexity index is 388. The molecule has 1 aromatic heterocycles. The molecule has 5 heteroatoms. The fourth-order valence-electron chi connectivity index (χ4n) is 2.59. The van der Waals surface area contributed by atoms with Gasteiger partial charge in [-0.3, -0.25) is 15.2 Å². The Labute approximate surface area is 101 Å². The van der Waals surface area contributed by atoms with Crippen LogP contribution in [0.4, 0.5) is 0 Å². The van der Waals surface area contributed by atoms with Crippen LogP contribution in [0, 0.1) is 13.8 Å². The summed E-state index contributed by atoms with van der Waals surface area (Å²) in [7, 11) is 0. The van der Waals surface area contributed by atoms with Crippen molar-refractivity contribution < 1.29 is 9.90 Å². The number of rotatable bonds is 4. The molecule has 0 bridgehead atoms. The molecule has 1 atom stereocenters. The van der Waals surface area contributed by atoms with E-state index >= 15 is 0 Å². The van der Waals surface area contributed by atoms with Crippen molar-refractivity contribution in [3.63, 3.8) is 0 Å². The highest BCUT2D eigenvalue weighted by Crippen LogP contribution is 2.25. The van der Waals surface area contributed by atoms with E-state index in [-0.39, 0.29) is 0 Å². The van der Waals surface area contributed by atoms with Gasteiger partial charge in [0.15, 0.2) is 0 Å². The van der Waals surface area contributed by atoms with E-state index in [1.54, 1.807) is 0 Å². The third-order valence-electron chi connectivity index (χ3n) is 3.48. The molecule has 0 saturated heterocycles. The molecular weight excluding hydrogens is 218 g/mol. The van der Waals surface area contributed by atoms with Gasteiger partial charge in [0, 0.05) is 17.3 Å². The van der Waals surface area contributed by atoms with Crippen molar-refractivity contribution in [1.29, 1.82) is 0 Å². The number of aryl methyl sites for hydroxylation is 2. The summed E-state index contributed by atoms with van der Waals surface area (Å²) in [6.07, 6.45) is 4.51. The Morgan fingerprint density at radius 1 is 1.47 bits per heavy atom. The summed E-state index contributed by atoms with van der Waals surface area (Å²) in [5.41, 5.74) is 2.38. The Kier molecular flexibility index (Phi) is 3.47. The van der Waals surface area contributed by atoms with E-state index in [2.05, 4.69) is 15.5 Å². The number of hydrogen-bond acceptors (Lipinski definition) is 3. The molecule has 1 saturated carbocycles. The molecule has 1 aliphatic rings. The zero-order valence-electron chi connectivity index (χ0n) is 10.3. The summed E-state index contributed by atoms with van der Waals surface area (Å²) in [4.78, 5) is 11.4. The van der Waals surface area contributed by atoms with E-state index in [4.69, 9.17) is 0 Å². The molecule has 0 amide bonds. The van der Waals surface area contributed by atoms with Gasteiger partial charge in [0.25, 0.3) is 0 Å². The summed E-state index contributed by atoms with van der Waals surface area (Å²) < 4.78 is 0. The minimum Gasteiger partial charge on any atom is -0.480 e. The monoisotopic (exact) mass is 237 g/mol. The Hall–Kier alpha value is -1.36. The second kappa shape index (κ2) is 4.87. The second-order valence-electron chi connectivity index (χ2n) is 4.77. The Morgan fingerprint density at radius 2 is 2.12 bits per heavy atom. The first-order valence-corrected chi connectivity index (χ1v) is 6.10. The van der Waals surface area contributed by atoms with E-state index < -0.39 is 12.0 Å². The number of nitrogens with one attached hydrogen (secondary N) is 2. The summed E-state index contributed by atoms with van der Waals surface area (Å²) in [5.74, 6) is -0.829. The molecule has 1 aromatic rings. The number of carboxylic acid groups (broad SMARTS) is 1. The minimum atomic E-state index is -0.829. The Balaban J connectivity index is 2.19. The molecule has 0 aliphatic heterocycles. The third kappa shape index (κ3) is 2.49. The summed E-state index contributed by atoms with van der Waals surface area (Å²) in [6, 6.07) is -0.318. The van der Waals surface area contributed by atoms with Crippen LogP contribution in [0.25, 0.3) is 0 Å². The smallest absolute Gasteiger partial charge is 0.325 e. The van der Waals surface area contributed by atoms with Crippen molar-refractivity contribution in [1.82, 2.24) is 15.5 Å². The van der Waals surface area contributed by atoms with Gasteiger partial charge in [0.1, 0.15) is 6.04 Å². The zero-order chi connectivity index (χ0) is 12.4. The quantitative estimate of drug-likeness (QED) is 0.744. The van der Waals surface area contributed by atoms with Gasteiger partial charge in [-0.25, -0.2) is 0 Å². The molecular formula is C12H19N3O2. The normalized spacial score (nSPS) is 18.5. The van der Waals surface area contributed by atoms with Crippen molar-refractivity contribution in [2.24, 2.45) is 0 Å². The van der Waals surface area contributed by atoms with Gasteiger partial charge in [0.05, 0.1) is 5.69 Å². The topological polar surface area (TPSA) is 78.0 Å². The molecule has 17 heavy (non-hydrogen) atoms. The van der Waals surface area contributed by atoms with Crippen molar-refractivity contribution in [3.05, 3.63) is 17.0 Å². The molecule has 3 N–H and O–H groups in total. The maximum absolute atomic E-state index is 11.4. The number of hydrogen-bond donors (Lipinski definition) is 3. The van der Waals surface area contributed by atoms with Crippen molar-refractivity contribution in [2.75, 3.05) is 0 Å². The lowest BCUT2D eigenvalue weighted by molar-refractivity contribution is -0.139. The molecule has 1 heterocycles. The van der Waals surface area contributed by atoms with Crippen LogP contribution >= 0.6 is 0 Å². The van der Waals surface area contributed by atoms with E-state index in [1.165, 1.54) is 12.8 Å². The van der Waals surface area contributed by atoms with E-state index in [9.17, 15) is 9.90 Å². The molecule has 1 unspecified atom stereocenters. The molecule has 1 fully saturated rings. The molecule has 0 aromatic carbocycles. The van der Waals surface area contributed by atoms with Gasteiger partial charge in [-0.05, 0) is 26.7 Å². The maximum Gasteiger partial charge on any atom is 0.325 e. The van der Waals surface area contributed by atoms with Gasteiger partial charge >= 0.3 is 5.97 Å². The molecule has 0 radical (unpaired) electrons. The van der Waals surface area contributed by atoms with Crippen LogP contribution in [0.5, 0.6) is 0 Å². The van der Waals surface area contributed by atoms with Crippen LogP contribution < -0.4 is 5.32 Å². The van der Waals surface area contributed by atoms with Crippen LogP contribution in [0.15, 0.2) is 0 Å². The van der Waals surface area contributed by atoms with Crippen LogP contribution in [-0.2, 0) is 4.79 Å². The lowest BCUT2D eigenvalue weighted by Gasteiger charge is -2.19. The molecule has 1 aliphatic carbocycles. The maximum atomic E-state index is 11.4. The van der Waals surface area contributed by atoms with E-state index in [0.717, 1.165) is 29.8 Å². The highest BCUT2D eigenvalue weighted by molar-refractivity contribution is 5.76. The van der Waals surface area contributed by atoms with Crippen LogP contribution in [0.3, 0.4) is 0 Å². The van der Waals surface area contributed by atoms with E-state index in [1.807, 2.05) is 13.8 Å². The summed E-state index contributed by atoms with van der Waals surface area (Å²) >= 11 is 0. The predicted octanol–water partition coefficient (Wildman–Crippen LogP) is 1.68. The third-order valence-corrected chi connectivity index (χ3v) is 3.48. The number of aromatic nitrogens is 2. The van der Waals surface area contributed by atoms with Gasteiger partial charge in [0.2, 0.25) is 0 Å². The number of nitrogens with zero attached hydrogens (tertiary/aromatic N) is 1. The number of carboxylic acids is 1. The number of H-pyrrole nitrogens is 1. The fraction of sp³-hybridized carbons (Fsp3) is 0.667. The predicted molar refractivity (Wildman–Crippen MR) is 63.8 cm³/mol. The van der Waals surface area contributed by atoms with Gasteiger partial charge < -0.3 is 5.11 Å². The van der Waals surface area contributed by atoms with Crippen molar-refractivity contribution in [3.8, 4) is 0 Å². The highest BCUT2D eigenvalue weighted by atomic mass is 16.4. The van der Waals surface area contributed by atoms with E-state index in [0.29, 0.717) is 6.04 Å². The molecule has 2 rings (SSSR count). The summed E-state index contributed by atoms with van der Waals surface area (Å²) in [6.45, 7) is 3.70. The Morgan fingerprint density at radius 3 is 2.59 bits per heavy atom. The van der Waals surface area contributed by atoms with Gasteiger partial charge in [-0.1, -0.05) is 12.8 Å². The zero-order valence-corrected chi connectivity index (χ0v) is 10.3. The van der Waals surface area contributed by atoms with Crippen LogP contribution in [0.2, 0.25) is 0 Å². The number of aliphatic carboxylic acids is 1. The first-order chi connectivity index (χ1) is 8.09. The molecule has 94 valence electrons. The standard InChI is InChI=1S/C12H19N3O2/c1-7-10(8(2)15-14-7)11(12(16)17)13-9-5-3-4-6-9/h9,11,13H,3-6H2,1-2H3,(H,14,15)(H,16,17). The molecule has 5 nitrogen and oxygen atoms in total. The minimum absolute atomic E-state index is 0.324. The largest absolute Gasteiger partial charge is 0.480 e. The van der Waals surface area contributed by atoms with Crippen molar-refractivity contribution in [2.45, 2.75) is 51.6 Å². The molecule has 0 spiro atoms. The average molecular weight is 237 g/mol. The van der Waals surface area contributed by atoms with Gasteiger partial charge in [-0.15, -0.1) is 0 Å².